The highest BCUT2D eigenvalue weighted by Gasteiger charge is 2.15. The number of hydrogen-bond acceptors (Lipinski definition) is 4. The lowest BCUT2D eigenvalue weighted by molar-refractivity contribution is 0.104. The van der Waals surface area contributed by atoms with Crippen LogP contribution < -0.4 is 15.0 Å². The Morgan fingerprint density at radius 1 is 1.00 bits per heavy atom. The summed E-state index contributed by atoms with van der Waals surface area (Å²) in [6.07, 6.45) is 2.85. The molecule has 0 aliphatic heterocycles. The number of benzene rings is 2. The first-order chi connectivity index (χ1) is 12.1. The van der Waals surface area contributed by atoms with Crippen LogP contribution in [0.1, 0.15) is 15.9 Å². The molecule has 1 heterocycles. The van der Waals surface area contributed by atoms with E-state index in [1.807, 2.05) is 24.3 Å². The minimum absolute atomic E-state index is 0.255. The van der Waals surface area contributed by atoms with Crippen LogP contribution in [0.25, 0.3) is 17.0 Å². The molecule has 0 amide bonds. The molecular formula is C20H17NO4. The van der Waals surface area contributed by atoms with Crippen molar-refractivity contribution in [3.8, 4) is 11.5 Å². The Bertz CT molecular complexity index is 995. The first-order valence-electron chi connectivity index (χ1n) is 7.69. The fourth-order valence-electron chi connectivity index (χ4n) is 2.63. The largest absolute Gasteiger partial charge is 0.496 e. The van der Waals surface area contributed by atoms with Gasteiger partial charge in [-0.2, -0.15) is 0 Å². The molecule has 126 valence electrons. The molecule has 5 heteroatoms. The van der Waals surface area contributed by atoms with Gasteiger partial charge < -0.3 is 14.5 Å². The Labute approximate surface area is 144 Å². The van der Waals surface area contributed by atoms with Crippen molar-refractivity contribution >= 4 is 22.8 Å². The Hall–Kier alpha value is -3.34. The lowest BCUT2D eigenvalue weighted by atomic mass is 10.1. The molecule has 0 radical (unpaired) electrons. The number of H-pyrrole nitrogens is 1. The molecule has 5 nitrogen and oxygen atoms in total. The highest BCUT2D eigenvalue weighted by molar-refractivity contribution is 6.10. The Morgan fingerprint density at radius 3 is 2.36 bits per heavy atom. The summed E-state index contributed by atoms with van der Waals surface area (Å²) in [7, 11) is 2.98. The number of para-hydroxylation sites is 1. The first-order valence-corrected chi connectivity index (χ1v) is 7.69. The normalized spacial score (nSPS) is 11.0. The number of ether oxygens (including phenoxy) is 2. The standard InChI is InChI=1S/C20H17NO4/c1-24-17-8-5-9-18(25-2)19(17)16(22)11-10-14-12-13-6-3-4-7-15(13)21-20(14)23/h3-12H,1-2H3,(H,21,23). The van der Waals surface area contributed by atoms with Crippen LogP contribution in [-0.2, 0) is 0 Å². The number of ketones is 1. The van der Waals surface area contributed by atoms with E-state index in [-0.39, 0.29) is 11.3 Å². The average molecular weight is 335 g/mol. The van der Waals surface area contributed by atoms with Crippen molar-refractivity contribution in [1.82, 2.24) is 4.98 Å². The zero-order valence-electron chi connectivity index (χ0n) is 13.9. The number of pyridine rings is 1. The summed E-state index contributed by atoms with van der Waals surface area (Å²) in [5.74, 6) is 0.532. The predicted octanol–water partition coefficient (Wildman–Crippen LogP) is 3.44. The highest BCUT2D eigenvalue weighted by Crippen LogP contribution is 2.29. The molecule has 0 unspecified atom stereocenters. The van der Waals surface area contributed by atoms with Gasteiger partial charge in [0, 0.05) is 11.1 Å². The van der Waals surface area contributed by atoms with Gasteiger partial charge in [0.1, 0.15) is 17.1 Å². The number of carbonyl (C=O) groups excluding carboxylic acids is 1. The predicted molar refractivity (Wildman–Crippen MR) is 97.5 cm³/mol. The average Bonchev–Trinajstić information content (AvgIpc) is 2.65. The number of allylic oxidation sites excluding steroid dienone is 1. The fourth-order valence-corrected chi connectivity index (χ4v) is 2.63. The molecule has 0 bridgehead atoms. The van der Waals surface area contributed by atoms with Crippen molar-refractivity contribution in [2.75, 3.05) is 14.2 Å². The summed E-state index contributed by atoms with van der Waals surface area (Å²) in [6.45, 7) is 0. The Balaban J connectivity index is 1.99. The van der Waals surface area contributed by atoms with Crippen molar-refractivity contribution in [1.29, 1.82) is 0 Å². The zero-order chi connectivity index (χ0) is 17.8. The van der Waals surface area contributed by atoms with Gasteiger partial charge in [0.25, 0.3) is 5.56 Å². The molecule has 0 fully saturated rings. The number of carbonyl (C=O) groups is 1. The topological polar surface area (TPSA) is 68.4 Å². The number of methoxy groups -OCH3 is 2. The van der Waals surface area contributed by atoms with Crippen LogP contribution in [0, 0.1) is 0 Å². The van der Waals surface area contributed by atoms with Crippen LogP contribution in [0.5, 0.6) is 11.5 Å². The molecule has 0 saturated heterocycles. The van der Waals surface area contributed by atoms with Gasteiger partial charge in [-0.3, -0.25) is 9.59 Å². The number of aromatic amines is 1. The summed E-state index contributed by atoms with van der Waals surface area (Å²) in [4.78, 5) is 27.6. The van der Waals surface area contributed by atoms with Gasteiger partial charge >= 0.3 is 0 Å². The smallest absolute Gasteiger partial charge is 0.255 e. The summed E-state index contributed by atoms with van der Waals surface area (Å²) < 4.78 is 10.5. The molecule has 0 saturated carbocycles. The summed E-state index contributed by atoms with van der Waals surface area (Å²) in [6, 6.07) is 14.3. The van der Waals surface area contributed by atoms with E-state index in [0.29, 0.717) is 22.6 Å². The van der Waals surface area contributed by atoms with Crippen LogP contribution in [0.4, 0.5) is 0 Å². The van der Waals surface area contributed by atoms with Crippen LogP contribution in [0.15, 0.2) is 59.4 Å². The van der Waals surface area contributed by atoms with Crippen LogP contribution in [-0.4, -0.2) is 25.0 Å². The van der Waals surface area contributed by atoms with Crippen molar-refractivity contribution in [2.45, 2.75) is 0 Å². The maximum Gasteiger partial charge on any atom is 0.255 e. The van der Waals surface area contributed by atoms with Gasteiger partial charge in [0.05, 0.1) is 14.2 Å². The molecular weight excluding hydrogens is 318 g/mol. The minimum atomic E-state index is -0.304. The van der Waals surface area contributed by atoms with Crippen LogP contribution in [0.2, 0.25) is 0 Å². The highest BCUT2D eigenvalue weighted by atomic mass is 16.5. The minimum Gasteiger partial charge on any atom is -0.496 e. The molecule has 0 aliphatic carbocycles. The number of fused-ring (bicyclic) bond motifs is 1. The monoisotopic (exact) mass is 335 g/mol. The molecule has 3 aromatic rings. The molecule has 1 aromatic heterocycles. The molecule has 0 spiro atoms. The summed E-state index contributed by atoms with van der Waals surface area (Å²) in [5.41, 5.74) is 1.22. The lowest BCUT2D eigenvalue weighted by Gasteiger charge is -2.10. The summed E-state index contributed by atoms with van der Waals surface area (Å²) >= 11 is 0. The molecule has 1 N–H and O–H groups in total. The Morgan fingerprint density at radius 2 is 1.68 bits per heavy atom. The zero-order valence-corrected chi connectivity index (χ0v) is 13.9. The van der Waals surface area contributed by atoms with Gasteiger partial charge in [-0.1, -0.05) is 24.3 Å². The number of nitrogens with one attached hydrogen (secondary N) is 1. The Kier molecular flexibility index (Phi) is 4.66. The first kappa shape index (κ1) is 16.5. The van der Waals surface area contributed by atoms with Gasteiger partial charge in [-0.25, -0.2) is 0 Å². The van der Waals surface area contributed by atoms with E-state index in [2.05, 4.69) is 4.98 Å². The van der Waals surface area contributed by atoms with E-state index in [1.54, 1.807) is 24.3 Å². The van der Waals surface area contributed by atoms with E-state index in [0.717, 1.165) is 10.9 Å². The van der Waals surface area contributed by atoms with E-state index in [4.69, 9.17) is 9.47 Å². The second-order valence-corrected chi connectivity index (χ2v) is 5.38. The number of rotatable bonds is 5. The van der Waals surface area contributed by atoms with Crippen molar-refractivity contribution in [2.24, 2.45) is 0 Å². The summed E-state index contributed by atoms with van der Waals surface area (Å²) in [5, 5.41) is 0.893. The molecule has 0 aliphatic rings. The lowest BCUT2D eigenvalue weighted by Crippen LogP contribution is -2.09. The van der Waals surface area contributed by atoms with E-state index < -0.39 is 0 Å². The van der Waals surface area contributed by atoms with Crippen molar-refractivity contribution in [3.05, 3.63) is 76.1 Å². The molecule has 3 rings (SSSR count). The van der Waals surface area contributed by atoms with Gasteiger partial charge in [-0.05, 0) is 41.8 Å². The van der Waals surface area contributed by atoms with E-state index >= 15 is 0 Å². The van der Waals surface area contributed by atoms with Crippen molar-refractivity contribution < 1.29 is 14.3 Å². The molecule has 2 aromatic carbocycles. The third kappa shape index (κ3) is 3.30. The van der Waals surface area contributed by atoms with Crippen LogP contribution >= 0.6 is 0 Å². The SMILES string of the molecule is COc1cccc(OC)c1C(=O)C=Cc1cc2ccccc2[nH]c1=O. The molecule has 25 heavy (non-hydrogen) atoms. The van der Waals surface area contributed by atoms with Crippen LogP contribution in [0.3, 0.4) is 0 Å². The quantitative estimate of drug-likeness (QED) is 0.573. The number of aromatic nitrogens is 1. The van der Waals surface area contributed by atoms with Gasteiger partial charge in [-0.15, -0.1) is 0 Å². The maximum absolute atomic E-state index is 12.6. The maximum atomic E-state index is 12.6. The van der Waals surface area contributed by atoms with E-state index in [1.165, 1.54) is 26.4 Å². The van der Waals surface area contributed by atoms with E-state index in [9.17, 15) is 9.59 Å². The van der Waals surface area contributed by atoms with Crippen molar-refractivity contribution in [3.63, 3.8) is 0 Å². The third-order valence-corrected chi connectivity index (χ3v) is 3.87. The third-order valence-electron chi connectivity index (χ3n) is 3.87. The number of hydrogen-bond donors (Lipinski definition) is 1. The second-order valence-electron chi connectivity index (χ2n) is 5.38. The second kappa shape index (κ2) is 7.05. The molecule has 0 atom stereocenters. The van der Waals surface area contributed by atoms with Gasteiger partial charge in [0.15, 0.2) is 5.78 Å². The van der Waals surface area contributed by atoms with Gasteiger partial charge in [0.2, 0.25) is 0 Å². The fraction of sp³-hybridized carbons (Fsp3) is 0.100.